The van der Waals surface area contributed by atoms with Crippen LogP contribution >= 0.6 is 0 Å². The third-order valence-electron chi connectivity index (χ3n) is 4.24. The largest absolute Gasteiger partial charge is 0.494 e. The zero-order chi connectivity index (χ0) is 20.2. The number of carbonyl (C=O) groups excluding carboxylic acids is 1. The van der Waals surface area contributed by atoms with E-state index in [2.05, 4.69) is 4.98 Å². The summed E-state index contributed by atoms with van der Waals surface area (Å²) in [4.78, 5) is 15.6. The summed E-state index contributed by atoms with van der Waals surface area (Å²) in [7, 11) is 1.41. The number of benzene rings is 1. The van der Waals surface area contributed by atoms with Crippen LogP contribution in [-0.2, 0) is 9.53 Å². The van der Waals surface area contributed by atoms with E-state index in [0.717, 1.165) is 30.1 Å². The topological polar surface area (TPSA) is 66.9 Å². The number of esters is 1. The Kier molecular flexibility index (Phi) is 8.59. The lowest BCUT2D eigenvalue weighted by Crippen LogP contribution is -2.26. The van der Waals surface area contributed by atoms with E-state index in [-0.39, 0.29) is 5.97 Å². The molecule has 6 heteroatoms. The quantitative estimate of drug-likeness (QED) is 0.400. The van der Waals surface area contributed by atoms with Gasteiger partial charge in [-0.15, -0.1) is 0 Å². The molecule has 152 valence electrons. The smallest absolute Gasteiger partial charge is 0.311 e. The van der Waals surface area contributed by atoms with Gasteiger partial charge >= 0.3 is 5.97 Å². The number of hydrogen-bond donors (Lipinski definition) is 0. The Bertz CT molecular complexity index is 701. The molecule has 0 amide bonds. The van der Waals surface area contributed by atoms with Crippen LogP contribution in [0.5, 0.6) is 17.2 Å². The molecular formula is C22H29NO5. The van der Waals surface area contributed by atoms with Gasteiger partial charge in [0.25, 0.3) is 0 Å². The van der Waals surface area contributed by atoms with Crippen LogP contribution in [0.25, 0.3) is 0 Å². The van der Waals surface area contributed by atoms with E-state index in [4.69, 9.17) is 18.9 Å². The molecule has 2 rings (SSSR count). The highest BCUT2D eigenvalue weighted by Gasteiger charge is 2.27. The number of nitrogens with zero attached hydrogens (tertiary/aromatic N) is 1. The van der Waals surface area contributed by atoms with Crippen molar-refractivity contribution in [2.45, 2.75) is 33.1 Å². The molecule has 2 aromatic rings. The maximum atomic E-state index is 11.6. The molecule has 0 saturated carbocycles. The fourth-order valence-corrected chi connectivity index (χ4v) is 2.59. The summed E-state index contributed by atoms with van der Waals surface area (Å²) in [6.07, 6.45) is 5.67. The predicted octanol–water partition coefficient (Wildman–Crippen LogP) is 4.29. The lowest BCUT2D eigenvalue weighted by atomic mass is 9.88. The molecule has 1 aromatic heterocycles. The highest BCUT2D eigenvalue weighted by molar-refractivity contribution is 5.75. The van der Waals surface area contributed by atoms with Gasteiger partial charge in [0.2, 0.25) is 0 Å². The monoisotopic (exact) mass is 387 g/mol. The molecule has 0 aliphatic carbocycles. The standard InChI is InChI=1S/C22H29NO5/c1-22(2,21(24)25-3)12-5-14-26-18-8-10-19(11-9-18)27-15-6-16-28-20-7-4-13-23-17-20/h4,7-11,13,17H,5-6,12,14-16H2,1-3H3. The van der Waals surface area contributed by atoms with Gasteiger partial charge in [0.15, 0.2) is 0 Å². The van der Waals surface area contributed by atoms with Crippen LogP contribution in [0.4, 0.5) is 0 Å². The first-order valence-electron chi connectivity index (χ1n) is 9.48. The van der Waals surface area contributed by atoms with Crippen LogP contribution < -0.4 is 14.2 Å². The van der Waals surface area contributed by atoms with Crippen molar-refractivity contribution >= 4 is 5.97 Å². The van der Waals surface area contributed by atoms with Crippen LogP contribution in [0, 0.1) is 5.41 Å². The molecule has 0 unspecified atom stereocenters. The summed E-state index contributed by atoms with van der Waals surface area (Å²) in [5.41, 5.74) is -0.490. The molecule has 0 saturated heterocycles. The van der Waals surface area contributed by atoms with Crippen LogP contribution in [0.1, 0.15) is 33.1 Å². The van der Waals surface area contributed by atoms with E-state index in [1.165, 1.54) is 7.11 Å². The second-order valence-corrected chi connectivity index (χ2v) is 7.04. The van der Waals surface area contributed by atoms with Gasteiger partial charge in [-0.1, -0.05) is 0 Å². The zero-order valence-electron chi connectivity index (χ0n) is 16.8. The molecule has 1 aromatic carbocycles. The average Bonchev–Trinajstić information content (AvgIpc) is 2.72. The molecule has 0 atom stereocenters. The highest BCUT2D eigenvalue weighted by atomic mass is 16.5. The highest BCUT2D eigenvalue weighted by Crippen LogP contribution is 2.24. The Morgan fingerprint density at radius 3 is 2.00 bits per heavy atom. The van der Waals surface area contributed by atoms with E-state index in [1.54, 1.807) is 12.4 Å². The Hall–Kier alpha value is -2.76. The summed E-state index contributed by atoms with van der Waals surface area (Å²) in [6, 6.07) is 11.3. The Morgan fingerprint density at radius 1 is 0.893 bits per heavy atom. The van der Waals surface area contributed by atoms with Gasteiger partial charge in [-0.2, -0.15) is 0 Å². The Morgan fingerprint density at radius 2 is 1.46 bits per heavy atom. The minimum Gasteiger partial charge on any atom is -0.494 e. The lowest BCUT2D eigenvalue weighted by molar-refractivity contribution is -0.151. The molecular weight excluding hydrogens is 358 g/mol. The van der Waals surface area contributed by atoms with Crippen molar-refractivity contribution in [1.82, 2.24) is 4.98 Å². The van der Waals surface area contributed by atoms with Gasteiger partial charge < -0.3 is 18.9 Å². The van der Waals surface area contributed by atoms with Crippen molar-refractivity contribution in [2.75, 3.05) is 26.9 Å². The Labute approximate surface area is 166 Å². The van der Waals surface area contributed by atoms with E-state index in [0.29, 0.717) is 26.2 Å². The number of pyridine rings is 1. The summed E-state index contributed by atoms with van der Waals surface area (Å²) >= 11 is 0. The first kappa shape index (κ1) is 21.5. The van der Waals surface area contributed by atoms with Crippen LogP contribution in [0.3, 0.4) is 0 Å². The van der Waals surface area contributed by atoms with Crippen LogP contribution in [0.15, 0.2) is 48.8 Å². The zero-order valence-corrected chi connectivity index (χ0v) is 16.8. The molecule has 0 N–H and O–H groups in total. The second kappa shape index (κ2) is 11.2. The van der Waals surface area contributed by atoms with E-state index in [1.807, 2.05) is 50.2 Å². The summed E-state index contributed by atoms with van der Waals surface area (Å²) in [5.74, 6) is 2.14. The fraction of sp³-hybridized carbons (Fsp3) is 0.455. The van der Waals surface area contributed by atoms with Gasteiger partial charge in [-0.05, 0) is 63.1 Å². The summed E-state index contributed by atoms with van der Waals surface area (Å²) in [6.45, 7) is 5.46. The molecule has 1 heterocycles. The SMILES string of the molecule is COC(=O)C(C)(C)CCCOc1ccc(OCCCOc2cccnc2)cc1. The third-order valence-corrected chi connectivity index (χ3v) is 4.24. The molecule has 0 spiro atoms. The number of ether oxygens (including phenoxy) is 4. The van der Waals surface area contributed by atoms with Crippen LogP contribution in [-0.4, -0.2) is 37.9 Å². The second-order valence-electron chi connectivity index (χ2n) is 7.04. The summed E-state index contributed by atoms with van der Waals surface area (Å²) < 4.78 is 21.8. The lowest BCUT2D eigenvalue weighted by Gasteiger charge is -2.21. The average molecular weight is 387 g/mol. The van der Waals surface area contributed by atoms with Gasteiger partial charge in [0, 0.05) is 12.6 Å². The van der Waals surface area contributed by atoms with Gasteiger partial charge in [0.1, 0.15) is 17.2 Å². The molecule has 0 aliphatic rings. The molecule has 28 heavy (non-hydrogen) atoms. The Balaban J connectivity index is 1.60. The minimum absolute atomic E-state index is 0.195. The van der Waals surface area contributed by atoms with Crippen molar-refractivity contribution in [3.8, 4) is 17.2 Å². The normalized spacial score (nSPS) is 11.0. The molecule has 6 nitrogen and oxygen atoms in total. The van der Waals surface area contributed by atoms with Gasteiger partial charge in [0.05, 0.1) is 38.5 Å². The number of carbonyl (C=O) groups is 1. The first-order chi connectivity index (χ1) is 13.5. The maximum absolute atomic E-state index is 11.6. The van der Waals surface area contributed by atoms with Gasteiger partial charge in [-0.3, -0.25) is 9.78 Å². The van der Waals surface area contributed by atoms with Crippen LogP contribution in [0.2, 0.25) is 0 Å². The third kappa shape index (κ3) is 7.47. The van der Waals surface area contributed by atoms with E-state index >= 15 is 0 Å². The minimum atomic E-state index is -0.490. The molecule has 0 fully saturated rings. The molecule has 0 bridgehead atoms. The van der Waals surface area contributed by atoms with E-state index in [9.17, 15) is 4.79 Å². The van der Waals surface area contributed by atoms with Crippen molar-refractivity contribution in [3.05, 3.63) is 48.8 Å². The maximum Gasteiger partial charge on any atom is 0.311 e. The number of rotatable bonds is 12. The van der Waals surface area contributed by atoms with Crippen molar-refractivity contribution in [2.24, 2.45) is 5.41 Å². The number of hydrogen-bond acceptors (Lipinski definition) is 6. The van der Waals surface area contributed by atoms with Gasteiger partial charge in [-0.25, -0.2) is 0 Å². The fourth-order valence-electron chi connectivity index (χ4n) is 2.59. The molecule has 0 radical (unpaired) electrons. The van der Waals surface area contributed by atoms with Crippen molar-refractivity contribution < 1.29 is 23.7 Å². The van der Waals surface area contributed by atoms with E-state index < -0.39 is 5.41 Å². The first-order valence-corrected chi connectivity index (χ1v) is 9.48. The number of methoxy groups -OCH3 is 1. The predicted molar refractivity (Wildman–Crippen MR) is 107 cm³/mol. The molecule has 0 aliphatic heterocycles. The summed E-state index contributed by atoms with van der Waals surface area (Å²) in [5, 5.41) is 0. The van der Waals surface area contributed by atoms with Crippen molar-refractivity contribution in [1.29, 1.82) is 0 Å². The number of aromatic nitrogens is 1. The van der Waals surface area contributed by atoms with Crippen molar-refractivity contribution in [3.63, 3.8) is 0 Å².